The van der Waals surface area contributed by atoms with Crippen molar-refractivity contribution in [1.29, 1.82) is 0 Å². The molecular weight excluding hydrogens is 358 g/mol. The number of thiazole rings is 1. The van der Waals surface area contributed by atoms with Gasteiger partial charge in [-0.25, -0.2) is 4.98 Å². The highest BCUT2D eigenvalue weighted by molar-refractivity contribution is 7.13. The Hall–Kier alpha value is -1.92. The maximum Gasteiger partial charge on any atom is 0.228 e. The second kappa shape index (κ2) is 9.33. The van der Waals surface area contributed by atoms with E-state index in [0.29, 0.717) is 18.9 Å². The number of piperazine rings is 1. The average Bonchev–Trinajstić information content (AvgIpc) is 3.11. The molecule has 5 nitrogen and oxygen atoms in total. The van der Waals surface area contributed by atoms with E-state index in [1.165, 1.54) is 0 Å². The first kappa shape index (κ1) is 19.8. The number of hydrogen-bond donors (Lipinski definition) is 0. The van der Waals surface area contributed by atoms with Crippen LogP contribution in [0.3, 0.4) is 0 Å². The fraction of sp³-hybridized carbons (Fsp3) is 0.524. The van der Waals surface area contributed by atoms with Crippen LogP contribution in [0.25, 0.3) is 10.6 Å². The van der Waals surface area contributed by atoms with E-state index in [0.717, 1.165) is 54.7 Å². The first-order valence-corrected chi connectivity index (χ1v) is 10.6. The van der Waals surface area contributed by atoms with E-state index in [-0.39, 0.29) is 5.91 Å². The second-order valence-corrected chi connectivity index (χ2v) is 8.21. The summed E-state index contributed by atoms with van der Waals surface area (Å²) >= 11 is 1.59. The maximum atomic E-state index is 12.6. The van der Waals surface area contributed by atoms with Gasteiger partial charge in [0.2, 0.25) is 5.91 Å². The SMILES string of the molecule is CCOc1ccc(-c2nc(CC(=O)N3CCN(CC(C)C)CC3)cs2)cc1. The van der Waals surface area contributed by atoms with Crippen molar-refractivity contribution in [3.05, 3.63) is 35.3 Å². The number of hydrogen-bond acceptors (Lipinski definition) is 5. The molecule has 1 aliphatic heterocycles. The number of benzene rings is 1. The minimum atomic E-state index is 0.183. The Morgan fingerprint density at radius 1 is 1.19 bits per heavy atom. The monoisotopic (exact) mass is 387 g/mol. The van der Waals surface area contributed by atoms with Crippen LogP contribution in [-0.4, -0.2) is 60.0 Å². The first-order valence-electron chi connectivity index (χ1n) is 9.73. The Labute approximate surface area is 166 Å². The van der Waals surface area contributed by atoms with Crippen molar-refractivity contribution in [2.75, 3.05) is 39.3 Å². The summed E-state index contributed by atoms with van der Waals surface area (Å²) in [5.41, 5.74) is 1.92. The summed E-state index contributed by atoms with van der Waals surface area (Å²) in [5.74, 6) is 1.72. The molecule has 0 radical (unpaired) electrons. The summed E-state index contributed by atoms with van der Waals surface area (Å²) < 4.78 is 5.48. The number of rotatable bonds is 7. The molecule has 0 N–H and O–H groups in total. The van der Waals surface area contributed by atoms with Crippen LogP contribution in [0.4, 0.5) is 0 Å². The van der Waals surface area contributed by atoms with Gasteiger partial charge in [0.25, 0.3) is 0 Å². The highest BCUT2D eigenvalue weighted by atomic mass is 32.1. The van der Waals surface area contributed by atoms with Gasteiger partial charge in [0.05, 0.1) is 18.7 Å². The first-order chi connectivity index (χ1) is 13.0. The molecule has 27 heavy (non-hydrogen) atoms. The molecule has 1 amide bonds. The van der Waals surface area contributed by atoms with Crippen molar-refractivity contribution >= 4 is 17.2 Å². The minimum absolute atomic E-state index is 0.183. The van der Waals surface area contributed by atoms with E-state index in [2.05, 4.69) is 23.7 Å². The van der Waals surface area contributed by atoms with E-state index in [9.17, 15) is 4.79 Å². The van der Waals surface area contributed by atoms with Gasteiger partial charge in [0.15, 0.2) is 0 Å². The quantitative estimate of drug-likeness (QED) is 0.729. The van der Waals surface area contributed by atoms with Crippen LogP contribution in [0.2, 0.25) is 0 Å². The van der Waals surface area contributed by atoms with Gasteiger partial charge >= 0.3 is 0 Å². The van der Waals surface area contributed by atoms with Gasteiger partial charge in [-0.3, -0.25) is 9.69 Å². The van der Waals surface area contributed by atoms with Crippen LogP contribution in [-0.2, 0) is 11.2 Å². The Morgan fingerprint density at radius 3 is 2.52 bits per heavy atom. The third kappa shape index (κ3) is 5.53. The summed E-state index contributed by atoms with van der Waals surface area (Å²) in [4.78, 5) is 21.7. The van der Waals surface area contributed by atoms with Gasteiger partial charge in [0.1, 0.15) is 10.8 Å². The third-order valence-electron chi connectivity index (χ3n) is 4.64. The number of carbonyl (C=O) groups excluding carboxylic acids is 1. The van der Waals surface area contributed by atoms with E-state index in [1.54, 1.807) is 11.3 Å². The lowest BCUT2D eigenvalue weighted by atomic mass is 10.2. The number of ether oxygens (including phenoxy) is 1. The lowest BCUT2D eigenvalue weighted by Gasteiger charge is -2.35. The molecule has 0 aliphatic carbocycles. The van der Waals surface area contributed by atoms with Gasteiger partial charge in [-0.15, -0.1) is 11.3 Å². The molecule has 1 aliphatic rings. The normalized spacial score (nSPS) is 15.3. The van der Waals surface area contributed by atoms with Crippen LogP contribution in [0.5, 0.6) is 5.75 Å². The molecule has 1 saturated heterocycles. The number of carbonyl (C=O) groups is 1. The van der Waals surface area contributed by atoms with Crippen LogP contribution in [0, 0.1) is 5.92 Å². The number of nitrogens with zero attached hydrogens (tertiary/aromatic N) is 3. The maximum absolute atomic E-state index is 12.6. The molecule has 1 aromatic carbocycles. The zero-order valence-corrected chi connectivity index (χ0v) is 17.3. The number of amides is 1. The highest BCUT2D eigenvalue weighted by Crippen LogP contribution is 2.26. The predicted octanol–water partition coefficient (Wildman–Crippen LogP) is 3.55. The molecule has 1 fully saturated rings. The summed E-state index contributed by atoms with van der Waals surface area (Å²) in [6.45, 7) is 11.8. The zero-order valence-electron chi connectivity index (χ0n) is 16.5. The molecule has 1 aromatic heterocycles. The van der Waals surface area contributed by atoms with Crippen LogP contribution >= 0.6 is 11.3 Å². The van der Waals surface area contributed by atoms with Gasteiger partial charge in [0, 0.05) is 43.7 Å². The highest BCUT2D eigenvalue weighted by Gasteiger charge is 2.22. The lowest BCUT2D eigenvalue weighted by Crippen LogP contribution is -2.49. The molecule has 2 aromatic rings. The molecule has 2 heterocycles. The average molecular weight is 388 g/mol. The number of aromatic nitrogens is 1. The summed E-state index contributed by atoms with van der Waals surface area (Å²) in [5, 5.41) is 2.95. The minimum Gasteiger partial charge on any atom is -0.494 e. The summed E-state index contributed by atoms with van der Waals surface area (Å²) in [6, 6.07) is 7.95. The van der Waals surface area contributed by atoms with Gasteiger partial charge < -0.3 is 9.64 Å². The topological polar surface area (TPSA) is 45.7 Å². The van der Waals surface area contributed by atoms with E-state index < -0.39 is 0 Å². The fourth-order valence-electron chi connectivity index (χ4n) is 3.34. The molecule has 0 unspecified atom stereocenters. The van der Waals surface area contributed by atoms with Crippen LogP contribution < -0.4 is 4.74 Å². The fourth-order valence-corrected chi connectivity index (χ4v) is 4.17. The van der Waals surface area contributed by atoms with Crippen molar-refractivity contribution in [1.82, 2.24) is 14.8 Å². The molecule has 0 spiro atoms. The van der Waals surface area contributed by atoms with Gasteiger partial charge in [-0.2, -0.15) is 0 Å². The Bertz CT molecular complexity index is 734. The molecule has 0 saturated carbocycles. The van der Waals surface area contributed by atoms with E-state index in [4.69, 9.17) is 4.74 Å². The molecule has 6 heteroatoms. The van der Waals surface area contributed by atoms with Crippen molar-refractivity contribution in [3.63, 3.8) is 0 Å². The summed E-state index contributed by atoms with van der Waals surface area (Å²) in [6.07, 6.45) is 0.387. The molecule has 3 rings (SSSR count). The Kier molecular flexibility index (Phi) is 6.85. The largest absolute Gasteiger partial charge is 0.494 e. The molecule has 0 bridgehead atoms. The molecule has 146 valence electrons. The molecule has 0 atom stereocenters. The Morgan fingerprint density at radius 2 is 1.89 bits per heavy atom. The Balaban J connectivity index is 1.54. The standard InChI is InChI=1S/C21H29N3O2S/c1-4-26-19-7-5-17(6-8-19)21-22-18(15-27-21)13-20(25)24-11-9-23(10-12-24)14-16(2)3/h5-8,15-16H,4,9-14H2,1-3H3. The van der Waals surface area contributed by atoms with Crippen LogP contribution in [0.15, 0.2) is 29.6 Å². The van der Waals surface area contributed by atoms with Crippen molar-refractivity contribution in [2.24, 2.45) is 5.92 Å². The predicted molar refractivity (Wildman–Crippen MR) is 110 cm³/mol. The van der Waals surface area contributed by atoms with Gasteiger partial charge in [-0.05, 0) is 37.1 Å². The lowest BCUT2D eigenvalue weighted by molar-refractivity contribution is -0.132. The van der Waals surface area contributed by atoms with Gasteiger partial charge in [-0.1, -0.05) is 13.8 Å². The smallest absolute Gasteiger partial charge is 0.228 e. The molecular formula is C21H29N3O2S. The second-order valence-electron chi connectivity index (χ2n) is 7.35. The third-order valence-corrected chi connectivity index (χ3v) is 5.58. The van der Waals surface area contributed by atoms with Crippen molar-refractivity contribution in [3.8, 4) is 16.3 Å². The van der Waals surface area contributed by atoms with E-state index in [1.807, 2.05) is 41.5 Å². The zero-order chi connectivity index (χ0) is 19.2. The van der Waals surface area contributed by atoms with Crippen LogP contribution in [0.1, 0.15) is 26.5 Å². The van der Waals surface area contributed by atoms with E-state index >= 15 is 0 Å². The van der Waals surface area contributed by atoms with Crippen molar-refractivity contribution in [2.45, 2.75) is 27.2 Å². The van der Waals surface area contributed by atoms with Crippen molar-refractivity contribution < 1.29 is 9.53 Å². The summed E-state index contributed by atoms with van der Waals surface area (Å²) in [7, 11) is 0.